The number of carbonyl (C=O) groups excluding carboxylic acids is 1. The van der Waals surface area contributed by atoms with E-state index in [0.29, 0.717) is 26.4 Å². The van der Waals surface area contributed by atoms with Crippen LogP contribution in [0.3, 0.4) is 0 Å². The molecule has 7 heteroatoms. The van der Waals surface area contributed by atoms with Crippen LogP contribution < -0.4 is 15.5 Å². The van der Waals surface area contributed by atoms with Crippen LogP contribution in [0.4, 0.5) is 11.4 Å². The molecule has 0 aliphatic carbocycles. The summed E-state index contributed by atoms with van der Waals surface area (Å²) in [6, 6.07) is 9.70. The van der Waals surface area contributed by atoms with Crippen LogP contribution in [-0.4, -0.2) is 52.5 Å². The van der Waals surface area contributed by atoms with Gasteiger partial charge in [-0.15, -0.1) is 0 Å². The van der Waals surface area contributed by atoms with E-state index in [0.717, 1.165) is 24.5 Å². The number of hydrogen-bond acceptors (Lipinski definition) is 6. The Hall–Kier alpha value is -2.56. The minimum absolute atomic E-state index is 0.0166. The lowest BCUT2D eigenvalue weighted by Crippen LogP contribution is -2.36. The molecule has 7 nitrogen and oxygen atoms in total. The van der Waals surface area contributed by atoms with Gasteiger partial charge in [-0.05, 0) is 12.1 Å². The van der Waals surface area contributed by atoms with Crippen LogP contribution in [0.15, 0.2) is 36.0 Å². The number of rotatable bonds is 7. The monoisotopic (exact) mass is 330 g/mol. The predicted molar refractivity (Wildman–Crippen MR) is 91.7 cm³/mol. The van der Waals surface area contributed by atoms with E-state index in [1.807, 2.05) is 30.3 Å². The Morgan fingerprint density at radius 3 is 2.88 bits per heavy atom. The number of methoxy groups -OCH3 is 1. The highest BCUT2D eigenvalue weighted by Gasteiger charge is 2.14. The van der Waals surface area contributed by atoms with Gasteiger partial charge in [-0.25, -0.2) is 0 Å². The summed E-state index contributed by atoms with van der Waals surface area (Å²) in [5.74, 6) is -0.425. The van der Waals surface area contributed by atoms with E-state index in [2.05, 4.69) is 15.5 Å². The van der Waals surface area contributed by atoms with Gasteiger partial charge in [0.15, 0.2) is 0 Å². The highest BCUT2D eigenvalue weighted by molar-refractivity contribution is 5.97. The van der Waals surface area contributed by atoms with Crippen molar-refractivity contribution < 1.29 is 14.3 Å². The predicted octanol–water partition coefficient (Wildman–Crippen LogP) is 1.11. The lowest BCUT2D eigenvalue weighted by atomic mass is 10.2. The lowest BCUT2D eigenvalue weighted by Gasteiger charge is -2.30. The number of morpholine rings is 1. The van der Waals surface area contributed by atoms with E-state index in [-0.39, 0.29) is 5.57 Å². The molecular formula is C17H22N4O3. The smallest absolute Gasteiger partial charge is 0.263 e. The molecule has 0 saturated carbocycles. The Kier molecular flexibility index (Phi) is 7.08. The second kappa shape index (κ2) is 9.55. The molecule has 0 aromatic heterocycles. The van der Waals surface area contributed by atoms with Crippen LogP contribution in [0.5, 0.6) is 0 Å². The molecule has 1 fully saturated rings. The molecule has 2 N–H and O–H groups in total. The normalized spacial score (nSPS) is 14.8. The van der Waals surface area contributed by atoms with E-state index in [4.69, 9.17) is 9.47 Å². The van der Waals surface area contributed by atoms with Gasteiger partial charge in [-0.3, -0.25) is 4.79 Å². The molecule has 2 rings (SSSR count). The number of carbonyl (C=O) groups is 1. The summed E-state index contributed by atoms with van der Waals surface area (Å²) >= 11 is 0. The number of nitrogens with zero attached hydrogens (tertiary/aromatic N) is 2. The van der Waals surface area contributed by atoms with Crippen molar-refractivity contribution in [3.8, 4) is 6.07 Å². The Balaban J connectivity index is 2.06. The highest BCUT2D eigenvalue weighted by Crippen LogP contribution is 2.26. The molecule has 0 atom stereocenters. The zero-order valence-electron chi connectivity index (χ0n) is 13.7. The maximum Gasteiger partial charge on any atom is 0.263 e. The molecule has 1 amide bonds. The molecule has 1 aromatic carbocycles. The topological polar surface area (TPSA) is 86.6 Å². The maximum absolute atomic E-state index is 11.9. The van der Waals surface area contributed by atoms with Crippen LogP contribution in [0, 0.1) is 11.3 Å². The van der Waals surface area contributed by atoms with Gasteiger partial charge in [-0.2, -0.15) is 5.26 Å². The average molecular weight is 330 g/mol. The second-order valence-corrected chi connectivity index (χ2v) is 5.18. The van der Waals surface area contributed by atoms with Gasteiger partial charge in [0, 0.05) is 32.9 Å². The SMILES string of the molecule is COCCNC(=O)/C(C#N)=C\Nc1ccccc1N1CCOCC1. The van der Waals surface area contributed by atoms with Crippen molar-refractivity contribution >= 4 is 17.3 Å². The zero-order valence-corrected chi connectivity index (χ0v) is 13.7. The first kappa shape index (κ1) is 17.8. The van der Waals surface area contributed by atoms with Gasteiger partial charge < -0.3 is 25.0 Å². The van der Waals surface area contributed by atoms with E-state index in [1.54, 1.807) is 7.11 Å². The average Bonchev–Trinajstić information content (AvgIpc) is 2.63. The summed E-state index contributed by atoms with van der Waals surface area (Å²) < 4.78 is 10.2. The largest absolute Gasteiger partial charge is 0.383 e. The molecule has 0 unspecified atom stereocenters. The fourth-order valence-electron chi connectivity index (χ4n) is 2.34. The summed E-state index contributed by atoms with van der Waals surface area (Å²) in [7, 11) is 1.55. The van der Waals surface area contributed by atoms with Crippen LogP contribution >= 0.6 is 0 Å². The summed E-state index contributed by atoms with van der Waals surface area (Å²) in [6.07, 6.45) is 1.43. The molecule has 128 valence electrons. The van der Waals surface area contributed by atoms with Crippen LogP contribution in [-0.2, 0) is 14.3 Å². The van der Waals surface area contributed by atoms with E-state index < -0.39 is 5.91 Å². The summed E-state index contributed by atoms with van der Waals surface area (Å²) in [5, 5.41) is 14.9. The van der Waals surface area contributed by atoms with Crippen molar-refractivity contribution in [1.82, 2.24) is 5.32 Å². The van der Waals surface area contributed by atoms with Crippen molar-refractivity contribution in [2.24, 2.45) is 0 Å². The van der Waals surface area contributed by atoms with Crippen molar-refractivity contribution in [3.05, 3.63) is 36.0 Å². The van der Waals surface area contributed by atoms with Gasteiger partial charge in [0.2, 0.25) is 0 Å². The number of amides is 1. The minimum atomic E-state index is -0.425. The second-order valence-electron chi connectivity index (χ2n) is 5.18. The Morgan fingerprint density at radius 2 is 2.17 bits per heavy atom. The number of hydrogen-bond donors (Lipinski definition) is 2. The number of benzene rings is 1. The van der Waals surface area contributed by atoms with Crippen molar-refractivity contribution in [1.29, 1.82) is 5.26 Å². The molecule has 24 heavy (non-hydrogen) atoms. The van der Waals surface area contributed by atoms with Gasteiger partial charge in [-0.1, -0.05) is 12.1 Å². The molecule has 1 saturated heterocycles. The first-order valence-electron chi connectivity index (χ1n) is 7.82. The van der Waals surface area contributed by atoms with Crippen molar-refractivity contribution in [3.63, 3.8) is 0 Å². The molecule has 1 aliphatic heterocycles. The third kappa shape index (κ3) is 4.98. The first-order chi connectivity index (χ1) is 11.8. The zero-order chi connectivity index (χ0) is 17.2. The van der Waals surface area contributed by atoms with E-state index >= 15 is 0 Å². The van der Waals surface area contributed by atoms with Crippen LogP contribution in [0.25, 0.3) is 0 Å². The quantitative estimate of drug-likeness (QED) is 0.442. The summed E-state index contributed by atoms with van der Waals surface area (Å²) in [5.41, 5.74) is 1.88. The summed E-state index contributed by atoms with van der Waals surface area (Å²) in [4.78, 5) is 14.1. The third-order valence-electron chi connectivity index (χ3n) is 3.58. The van der Waals surface area contributed by atoms with Gasteiger partial charge in [0.05, 0.1) is 31.2 Å². The molecule has 1 aliphatic rings. The fourth-order valence-corrected chi connectivity index (χ4v) is 2.34. The van der Waals surface area contributed by atoms with E-state index in [1.165, 1.54) is 6.20 Å². The van der Waals surface area contributed by atoms with Gasteiger partial charge in [0.1, 0.15) is 11.6 Å². The third-order valence-corrected chi connectivity index (χ3v) is 3.58. The summed E-state index contributed by atoms with van der Waals surface area (Å²) in [6.45, 7) is 3.76. The molecular weight excluding hydrogens is 308 g/mol. The first-order valence-corrected chi connectivity index (χ1v) is 7.82. The molecule has 1 aromatic rings. The molecule has 0 spiro atoms. The lowest BCUT2D eigenvalue weighted by molar-refractivity contribution is -0.117. The minimum Gasteiger partial charge on any atom is -0.383 e. The maximum atomic E-state index is 11.9. The Morgan fingerprint density at radius 1 is 1.42 bits per heavy atom. The molecule has 1 heterocycles. The highest BCUT2D eigenvalue weighted by atomic mass is 16.5. The van der Waals surface area contributed by atoms with Gasteiger partial charge in [0.25, 0.3) is 5.91 Å². The fraction of sp³-hybridized carbons (Fsp3) is 0.412. The van der Waals surface area contributed by atoms with Gasteiger partial charge >= 0.3 is 0 Å². The van der Waals surface area contributed by atoms with E-state index in [9.17, 15) is 10.1 Å². The van der Waals surface area contributed by atoms with Crippen molar-refractivity contribution in [2.75, 3.05) is 56.8 Å². The van der Waals surface area contributed by atoms with Crippen molar-refractivity contribution in [2.45, 2.75) is 0 Å². The molecule has 0 bridgehead atoms. The standard InChI is InChI=1S/C17H22N4O3/c1-23-9-6-19-17(22)14(12-18)13-20-15-4-2-3-5-16(15)21-7-10-24-11-8-21/h2-5,13,20H,6-11H2,1H3,(H,19,22)/b14-13-. The Bertz CT molecular complexity index is 619. The van der Waals surface area contributed by atoms with Crippen LogP contribution in [0.2, 0.25) is 0 Å². The number of para-hydroxylation sites is 2. The number of nitrogens with one attached hydrogen (secondary N) is 2. The molecule has 0 radical (unpaired) electrons. The number of nitriles is 1. The number of anilines is 2. The van der Waals surface area contributed by atoms with Crippen LogP contribution in [0.1, 0.15) is 0 Å². The number of ether oxygens (including phenoxy) is 2. The Labute approximate surface area is 141 Å².